The molecular formula is C17H23F2NO2. The molecule has 1 aromatic carbocycles. The van der Waals surface area contributed by atoms with Crippen molar-refractivity contribution >= 4 is 5.91 Å². The molecule has 0 aromatic heterocycles. The number of amides is 1. The molecule has 122 valence electrons. The second kappa shape index (κ2) is 6.73. The Bertz CT molecular complexity index is 545. The molecule has 0 radical (unpaired) electrons. The summed E-state index contributed by atoms with van der Waals surface area (Å²) in [4.78, 5) is 12.0. The van der Waals surface area contributed by atoms with E-state index in [2.05, 4.69) is 5.32 Å². The third-order valence-corrected chi connectivity index (χ3v) is 4.27. The molecule has 2 rings (SSSR count). The van der Waals surface area contributed by atoms with E-state index in [0.29, 0.717) is 18.5 Å². The predicted octanol–water partition coefficient (Wildman–Crippen LogP) is 2.98. The van der Waals surface area contributed by atoms with Gasteiger partial charge in [-0.3, -0.25) is 4.79 Å². The Labute approximate surface area is 129 Å². The molecule has 2 atom stereocenters. The lowest BCUT2D eigenvalue weighted by Gasteiger charge is -2.21. The average molecular weight is 311 g/mol. The summed E-state index contributed by atoms with van der Waals surface area (Å²) in [6.07, 6.45) is 2.16. The molecule has 1 aliphatic rings. The zero-order valence-electron chi connectivity index (χ0n) is 13.0. The van der Waals surface area contributed by atoms with Gasteiger partial charge in [0.15, 0.2) is 11.6 Å². The zero-order chi connectivity index (χ0) is 16.3. The van der Waals surface area contributed by atoms with Crippen molar-refractivity contribution in [2.24, 2.45) is 11.3 Å². The van der Waals surface area contributed by atoms with Gasteiger partial charge in [-0.15, -0.1) is 0 Å². The number of rotatable bonds is 7. The molecule has 0 aliphatic heterocycles. The lowest BCUT2D eigenvalue weighted by atomic mass is 9.89. The Balaban J connectivity index is 1.78. The smallest absolute Gasteiger partial charge is 0.223 e. The maximum atomic E-state index is 13.7. The number of carbonyl (C=O) groups is 1. The number of aliphatic hydroxyl groups is 1. The summed E-state index contributed by atoms with van der Waals surface area (Å²) in [7, 11) is 0. The summed E-state index contributed by atoms with van der Waals surface area (Å²) in [6, 6.07) is 4.09. The van der Waals surface area contributed by atoms with E-state index in [1.165, 1.54) is 6.07 Å². The Morgan fingerprint density at radius 2 is 2.14 bits per heavy atom. The summed E-state index contributed by atoms with van der Waals surface area (Å²) in [5.41, 5.74) is 0.152. The van der Waals surface area contributed by atoms with Gasteiger partial charge in [0.1, 0.15) is 0 Å². The van der Waals surface area contributed by atoms with Crippen LogP contribution in [0.15, 0.2) is 18.2 Å². The molecule has 0 heterocycles. The van der Waals surface area contributed by atoms with Crippen LogP contribution >= 0.6 is 0 Å². The van der Waals surface area contributed by atoms with Crippen molar-refractivity contribution in [1.29, 1.82) is 0 Å². The highest BCUT2D eigenvalue weighted by molar-refractivity contribution is 5.82. The van der Waals surface area contributed by atoms with Gasteiger partial charge in [-0.2, -0.15) is 0 Å². The molecule has 1 amide bonds. The summed E-state index contributed by atoms with van der Waals surface area (Å²) >= 11 is 0. The number of hydrogen-bond acceptors (Lipinski definition) is 2. The highest BCUT2D eigenvalue weighted by Gasteiger charge is 2.45. The number of halogens is 2. The van der Waals surface area contributed by atoms with Gasteiger partial charge in [0.2, 0.25) is 5.91 Å². The summed E-state index contributed by atoms with van der Waals surface area (Å²) in [5.74, 6) is -2.29. The van der Waals surface area contributed by atoms with Crippen molar-refractivity contribution in [3.05, 3.63) is 35.4 Å². The topological polar surface area (TPSA) is 49.3 Å². The van der Waals surface area contributed by atoms with E-state index in [-0.39, 0.29) is 29.8 Å². The fourth-order valence-corrected chi connectivity index (χ4v) is 2.62. The third kappa shape index (κ3) is 4.03. The Hall–Kier alpha value is -1.49. The van der Waals surface area contributed by atoms with Crippen LogP contribution in [0.1, 0.15) is 44.6 Å². The van der Waals surface area contributed by atoms with Gasteiger partial charge < -0.3 is 10.4 Å². The second-order valence-electron chi connectivity index (χ2n) is 6.81. The minimum Gasteiger partial charge on any atom is -0.396 e. The minimum absolute atomic E-state index is 0.101. The average Bonchev–Trinajstić information content (AvgIpc) is 3.27. The van der Waals surface area contributed by atoms with Crippen molar-refractivity contribution < 1.29 is 18.7 Å². The third-order valence-electron chi connectivity index (χ3n) is 4.27. The quantitative estimate of drug-likeness (QED) is 0.761. The van der Waals surface area contributed by atoms with Crippen LogP contribution < -0.4 is 5.32 Å². The molecule has 1 saturated carbocycles. The van der Waals surface area contributed by atoms with Crippen LogP contribution in [0.4, 0.5) is 8.78 Å². The monoisotopic (exact) mass is 311 g/mol. The van der Waals surface area contributed by atoms with Crippen molar-refractivity contribution in [2.45, 2.75) is 39.0 Å². The van der Waals surface area contributed by atoms with Crippen molar-refractivity contribution in [1.82, 2.24) is 5.32 Å². The van der Waals surface area contributed by atoms with Gasteiger partial charge >= 0.3 is 0 Å². The molecule has 2 N–H and O–H groups in total. The van der Waals surface area contributed by atoms with Gasteiger partial charge in [-0.25, -0.2) is 8.78 Å². The largest absolute Gasteiger partial charge is 0.396 e. The van der Waals surface area contributed by atoms with E-state index < -0.39 is 11.6 Å². The van der Waals surface area contributed by atoms with Crippen molar-refractivity contribution in [2.75, 3.05) is 13.2 Å². The zero-order valence-corrected chi connectivity index (χ0v) is 13.0. The molecule has 0 saturated heterocycles. The standard InChI is InChI=1S/C17H23F2NO2/c1-17(2,10-21)7-4-8-20-16(22)13-9-12(13)11-5-3-6-14(18)15(11)19/h3,5-6,12-13,21H,4,7-10H2,1-2H3,(H,20,22). The number of hydrogen-bond donors (Lipinski definition) is 2. The Morgan fingerprint density at radius 1 is 1.41 bits per heavy atom. The molecule has 1 fully saturated rings. The van der Waals surface area contributed by atoms with E-state index in [9.17, 15) is 13.6 Å². The van der Waals surface area contributed by atoms with Crippen LogP contribution in [-0.4, -0.2) is 24.2 Å². The van der Waals surface area contributed by atoms with Gasteiger partial charge in [0, 0.05) is 19.1 Å². The van der Waals surface area contributed by atoms with E-state index >= 15 is 0 Å². The normalized spacial score (nSPS) is 20.8. The van der Waals surface area contributed by atoms with Crippen LogP contribution in [0.25, 0.3) is 0 Å². The molecule has 1 aliphatic carbocycles. The highest BCUT2D eigenvalue weighted by atomic mass is 19.2. The molecule has 0 bridgehead atoms. The number of benzene rings is 1. The fraction of sp³-hybridized carbons (Fsp3) is 0.588. The SMILES string of the molecule is CC(C)(CO)CCCNC(=O)C1CC1c1cccc(F)c1F. The van der Waals surface area contributed by atoms with Gasteiger partial charge in [-0.05, 0) is 42.2 Å². The molecule has 2 unspecified atom stereocenters. The first-order chi connectivity index (χ1) is 10.4. The molecule has 0 spiro atoms. The highest BCUT2D eigenvalue weighted by Crippen LogP contribution is 2.48. The maximum Gasteiger partial charge on any atom is 0.223 e. The number of carbonyl (C=O) groups excluding carboxylic acids is 1. The van der Waals surface area contributed by atoms with Gasteiger partial charge in [0.25, 0.3) is 0 Å². The molecule has 1 aromatic rings. The van der Waals surface area contributed by atoms with Crippen LogP contribution in [0.3, 0.4) is 0 Å². The molecular weight excluding hydrogens is 288 g/mol. The van der Waals surface area contributed by atoms with Crippen molar-refractivity contribution in [3.8, 4) is 0 Å². The summed E-state index contributed by atoms with van der Waals surface area (Å²) in [5, 5.41) is 12.0. The second-order valence-corrected chi connectivity index (χ2v) is 6.81. The molecule has 22 heavy (non-hydrogen) atoms. The first-order valence-corrected chi connectivity index (χ1v) is 7.68. The number of nitrogens with one attached hydrogen (secondary N) is 1. The first kappa shape index (κ1) is 16.9. The molecule has 3 nitrogen and oxygen atoms in total. The van der Waals surface area contributed by atoms with Crippen LogP contribution in [0.5, 0.6) is 0 Å². The van der Waals surface area contributed by atoms with E-state index in [1.807, 2.05) is 13.8 Å². The van der Waals surface area contributed by atoms with Gasteiger partial charge in [0.05, 0.1) is 0 Å². The first-order valence-electron chi connectivity index (χ1n) is 7.68. The van der Waals surface area contributed by atoms with Gasteiger partial charge in [-0.1, -0.05) is 26.0 Å². The lowest BCUT2D eigenvalue weighted by Crippen LogP contribution is -2.28. The summed E-state index contributed by atoms with van der Waals surface area (Å²) in [6.45, 7) is 4.60. The summed E-state index contributed by atoms with van der Waals surface area (Å²) < 4.78 is 26.9. The minimum atomic E-state index is -0.866. The molecule has 5 heteroatoms. The van der Waals surface area contributed by atoms with Crippen molar-refractivity contribution in [3.63, 3.8) is 0 Å². The maximum absolute atomic E-state index is 13.7. The fourth-order valence-electron chi connectivity index (χ4n) is 2.62. The van der Waals surface area contributed by atoms with Crippen LogP contribution in [0.2, 0.25) is 0 Å². The Kier molecular flexibility index (Phi) is 5.16. The Morgan fingerprint density at radius 3 is 2.82 bits per heavy atom. The van der Waals surface area contributed by atoms with E-state index in [0.717, 1.165) is 18.9 Å². The van der Waals surface area contributed by atoms with Crippen LogP contribution in [0, 0.1) is 23.0 Å². The predicted molar refractivity (Wildman–Crippen MR) is 80.3 cm³/mol. The lowest BCUT2D eigenvalue weighted by molar-refractivity contribution is -0.122. The van der Waals surface area contributed by atoms with Crippen LogP contribution in [-0.2, 0) is 4.79 Å². The number of aliphatic hydroxyl groups excluding tert-OH is 1. The van der Waals surface area contributed by atoms with E-state index in [4.69, 9.17) is 5.11 Å². The van der Waals surface area contributed by atoms with E-state index in [1.54, 1.807) is 6.07 Å².